The predicted octanol–water partition coefficient (Wildman–Crippen LogP) is 13.0. The van der Waals surface area contributed by atoms with Crippen molar-refractivity contribution >= 4 is 60.2 Å². The van der Waals surface area contributed by atoms with Crippen LogP contribution in [-0.2, 0) is 11.8 Å². The molecular weight excluding hydrogens is 595 g/mol. The fourth-order valence-corrected chi connectivity index (χ4v) is 9.22. The van der Waals surface area contributed by atoms with Crippen LogP contribution in [0.1, 0.15) is 49.9 Å². The number of thiophene rings is 1. The smallest absolute Gasteiger partial charge is 0.0640 e. The molecule has 3 heteroatoms. The van der Waals surface area contributed by atoms with Gasteiger partial charge < -0.3 is 4.90 Å². The van der Waals surface area contributed by atoms with E-state index in [2.05, 4.69) is 143 Å². The Balaban J connectivity index is 1.44. The standard InChI is InChI=1S/C43H39NS2/c1-8-9-16-27(2)30(5)45-40-26-35-33-20-14-18-31-17-10-12-22-37(31)44(29(4)41(33)43(6,7)36(35)25-28(40)3)38-23-15-21-34-32-19-11-13-24-39(32)46-42(34)38/h8-17,19-26H,1,4,18H2,2-3,5-7H3/b16-9-,20-14-,30-27+. The minimum Gasteiger partial charge on any atom is -0.309 e. The molecular formula is C43H39NS2. The molecule has 46 heavy (non-hydrogen) atoms. The van der Waals surface area contributed by atoms with Gasteiger partial charge in [-0.1, -0.05) is 124 Å². The first-order chi connectivity index (χ1) is 22.2. The molecule has 0 spiro atoms. The topological polar surface area (TPSA) is 3.24 Å². The quantitative estimate of drug-likeness (QED) is 0.140. The third-order valence-electron chi connectivity index (χ3n) is 9.51. The van der Waals surface area contributed by atoms with Gasteiger partial charge in [-0.2, -0.15) is 0 Å². The summed E-state index contributed by atoms with van der Waals surface area (Å²) in [7, 11) is 0. The maximum Gasteiger partial charge on any atom is 0.0640 e. The lowest BCUT2D eigenvalue weighted by molar-refractivity contribution is 0.642. The third-order valence-corrected chi connectivity index (χ3v) is 12.0. The van der Waals surface area contributed by atoms with Gasteiger partial charge in [-0.05, 0) is 95.3 Å². The van der Waals surface area contributed by atoms with Gasteiger partial charge in [0.1, 0.15) is 0 Å². The molecule has 0 saturated carbocycles. The zero-order chi connectivity index (χ0) is 32.2. The molecule has 0 bridgehead atoms. The number of hydrogen-bond donors (Lipinski definition) is 0. The SMILES string of the molecule is C=C/C=C\C(C)=C(/C)Sc1cc2c(cc1C)C(C)(C)C1=C2/C=C\Cc2ccccc2N(c2cccc3c2sc2ccccc23)C1=C. The summed E-state index contributed by atoms with van der Waals surface area (Å²) in [5.41, 5.74) is 12.3. The lowest BCUT2D eigenvalue weighted by Crippen LogP contribution is -2.26. The summed E-state index contributed by atoms with van der Waals surface area (Å²) in [6.45, 7) is 20.2. The molecule has 0 radical (unpaired) electrons. The Labute approximate surface area is 281 Å². The van der Waals surface area contributed by atoms with Gasteiger partial charge in [0.05, 0.1) is 10.4 Å². The van der Waals surface area contributed by atoms with E-state index in [1.165, 1.54) is 80.3 Å². The number of benzene rings is 4. The number of hydrogen-bond acceptors (Lipinski definition) is 3. The monoisotopic (exact) mass is 633 g/mol. The fraction of sp³-hybridized carbons (Fsp3) is 0.163. The highest BCUT2D eigenvalue weighted by molar-refractivity contribution is 8.03. The summed E-state index contributed by atoms with van der Waals surface area (Å²) < 4.78 is 2.60. The van der Waals surface area contributed by atoms with Gasteiger partial charge in [-0.3, -0.25) is 0 Å². The summed E-state index contributed by atoms with van der Waals surface area (Å²) in [5.74, 6) is 0. The van der Waals surface area contributed by atoms with Crippen LogP contribution in [0.4, 0.5) is 11.4 Å². The Hall–Kier alpha value is -4.31. The van der Waals surface area contributed by atoms with Crippen molar-refractivity contribution in [1.82, 2.24) is 0 Å². The summed E-state index contributed by atoms with van der Waals surface area (Å²) in [6.07, 6.45) is 11.5. The van der Waals surface area contributed by atoms with Gasteiger partial charge in [0.15, 0.2) is 0 Å². The van der Waals surface area contributed by atoms with Crippen LogP contribution in [0.3, 0.4) is 0 Å². The van der Waals surface area contributed by atoms with E-state index >= 15 is 0 Å². The zero-order valence-corrected chi connectivity index (χ0v) is 28.9. The molecule has 4 aromatic carbocycles. The Bertz CT molecular complexity index is 2200. The van der Waals surface area contributed by atoms with Gasteiger partial charge in [-0.15, -0.1) is 11.3 Å². The molecule has 2 aliphatic rings. The van der Waals surface area contributed by atoms with Crippen molar-refractivity contribution < 1.29 is 0 Å². The summed E-state index contributed by atoms with van der Waals surface area (Å²) in [5, 5.41) is 2.60. The van der Waals surface area contributed by atoms with Crippen LogP contribution in [0.15, 0.2) is 149 Å². The molecule has 0 saturated heterocycles. The van der Waals surface area contributed by atoms with Crippen molar-refractivity contribution in [2.24, 2.45) is 0 Å². The molecule has 0 N–H and O–H groups in total. The maximum atomic E-state index is 4.95. The second kappa shape index (κ2) is 11.8. The van der Waals surface area contributed by atoms with E-state index in [-0.39, 0.29) is 5.41 Å². The van der Waals surface area contributed by atoms with E-state index in [0.717, 1.165) is 12.1 Å². The Morgan fingerprint density at radius 3 is 2.50 bits per heavy atom. The molecule has 7 rings (SSSR count). The van der Waals surface area contributed by atoms with Crippen LogP contribution >= 0.6 is 23.1 Å². The maximum absolute atomic E-state index is 4.95. The van der Waals surface area contributed by atoms with Crippen molar-refractivity contribution in [3.8, 4) is 0 Å². The fourth-order valence-electron chi connectivity index (χ4n) is 7.05. The number of aryl methyl sites for hydroxylation is 1. The first-order valence-corrected chi connectivity index (χ1v) is 17.5. The highest BCUT2D eigenvalue weighted by Crippen LogP contribution is 2.54. The number of anilines is 2. The van der Waals surface area contributed by atoms with Gasteiger partial charge in [0, 0.05) is 37.2 Å². The van der Waals surface area contributed by atoms with Crippen LogP contribution in [0.2, 0.25) is 0 Å². The van der Waals surface area contributed by atoms with Crippen molar-refractivity contribution in [2.45, 2.75) is 51.3 Å². The number of allylic oxidation sites excluding steroid dienone is 9. The normalized spacial score (nSPS) is 17.0. The minimum atomic E-state index is -0.237. The molecule has 1 aliphatic heterocycles. The van der Waals surface area contributed by atoms with Crippen molar-refractivity contribution in [3.63, 3.8) is 0 Å². The number of nitrogens with zero attached hydrogens (tertiary/aromatic N) is 1. The molecule has 0 unspecified atom stereocenters. The van der Waals surface area contributed by atoms with Gasteiger partial charge in [0.2, 0.25) is 0 Å². The van der Waals surface area contributed by atoms with E-state index in [4.69, 9.17) is 6.58 Å². The first-order valence-electron chi connectivity index (χ1n) is 15.9. The second-order valence-electron chi connectivity index (χ2n) is 12.8. The molecule has 1 aliphatic carbocycles. The Kier molecular flexibility index (Phi) is 7.79. The lowest BCUT2D eigenvalue weighted by Gasteiger charge is -2.35. The van der Waals surface area contributed by atoms with Crippen LogP contribution in [0.5, 0.6) is 0 Å². The van der Waals surface area contributed by atoms with E-state index in [1.807, 2.05) is 35.3 Å². The van der Waals surface area contributed by atoms with E-state index in [1.54, 1.807) is 0 Å². The largest absolute Gasteiger partial charge is 0.309 e. The summed E-state index contributed by atoms with van der Waals surface area (Å²) in [4.78, 5) is 5.04. The van der Waals surface area contributed by atoms with Gasteiger partial charge >= 0.3 is 0 Å². The van der Waals surface area contributed by atoms with E-state index in [9.17, 15) is 0 Å². The number of rotatable bonds is 5. The number of para-hydroxylation sites is 1. The van der Waals surface area contributed by atoms with Crippen molar-refractivity contribution in [2.75, 3.05) is 4.90 Å². The number of fused-ring (bicyclic) bond motifs is 6. The first kappa shape index (κ1) is 30.3. The van der Waals surface area contributed by atoms with Crippen molar-refractivity contribution in [1.29, 1.82) is 0 Å². The summed E-state index contributed by atoms with van der Waals surface area (Å²) >= 11 is 3.73. The number of thioether (sulfide) groups is 1. The highest BCUT2D eigenvalue weighted by Gasteiger charge is 2.41. The minimum absolute atomic E-state index is 0.237. The van der Waals surface area contributed by atoms with Crippen LogP contribution in [0, 0.1) is 6.92 Å². The Morgan fingerprint density at radius 2 is 1.67 bits per heavy atom. The predicted molar refractivity (Wildman–Crippen MR) is 205 cm³/mol. The molecule has 5 aromatic rings. The van der Waals surface area contributed by atoms with Crippen LogP contribution in [0.25, 0.3) is 25.7 Å². The van der Waals surface area contributed by atoms with E-state index < -0.39 is 0 Å². The highest BCUT2D eigenvalue weighted by atomic mass is 32.2. The van der Waals surface area contributed by atoms with E-state index in [0.29, 0.717) is 0 Å². The molecule has 1 nitrogen and oxygen atoms in total. The van der Waals surface area contributed by atoms with Crippen molar-refractivity contribution in [3.05, 3.63) is 166 Å². The van der Waals surface area contributed by atoms with Gasteiger partial charge in [-0.25, -0.2) is 0 Å². The molecule has 1 aromatic heterocycles. The molecule has 2 heterocycles. The zero-order valence-electron chi connectivity index (χ0n) is 27.3. The second-order valence-corrected chi connectivity index (χ2v) is 15.1. The Morgan fingerprint density at radius 1 is 0.935 bits per heavy atom. The third kappa shape index (κ3) is 4.94. The lowest BCUT2D eigenvalue weighted by atomic mass is 9.79. The molecule has 0 fully saturated rings. The molecule has 0 atom stereocenters. The average molecular weight is 634 g/mol. The summed E-state index contributed by atoms with van der Waals surface area (Å²) in [6, 6.07) is 29.2. The average Bonchev–Trinajstić information content (AvgIpc) is 3.54. The van der Waals surface area contributed by atoms with Crippen LogP contribution in [-0.4, -0.2) is 0 Å². The van der Waals surface area contributed by atoms with Crippen LogP contribution < -0.4 is 4.90 Å². The molecule has 228 valence electrons. The molecule has 0 amide bonds. The van der Waals surface area contributed by atoms with Gasteiger partial charge in [0.25, 0.3) is 0 Å².